The number of fused-ring (bicyclic) bond motifs is 5. The molecule has 2 bridgehead atoms. The average Bonchev–Trinajstić information content (AvgIpc) is 2.82. The SMILES string of the molecule is CC(C)(CCCBr)CNC(=O)C1C2C3CCC(C3)C12. The molecule has 0 aromatic rings. The average molecular weight is 328 g/mol. The second-order valence-electron chi connectivity index (χ2n) is 7.69. The molecule has 0 saturated heterocycles. The van der Waals surface area contributed by atoms with Gasteiger partial charge >= 0.3 is 0 Å². The molecule has 108 valence electrons. The van der Waals surface area contributed by atoms with E-state index in [0.717, 1.165) is 35.5 Å². The van der Waals surface area contributed by atoms with Crippen LogP contribution >= 0.6 is 15.9 Å². The Labute approximate surface area is 125 Å². The second kappa shape index (κ2) is 5.05. The van der Waals surface area contributed by atoms with Gasteiger partial charge in [0.1, 0.15) is 0 Å². The number of nitrogens with one attached hydrogen (secondary N) is 1. The molecule has 3 rings (SSSR count). The van der Waals surface area contributed by atoms with Gasteiger partial charge in [-0.25, -0.2) is 0 Å². The van der Waals surface area contributed by atoms with Crippen molar-refractivity contribution in [3.05, 3.63) is 0 Å². The maximum absolute atomic E-state index is 12.3. The highest BCUT2D eigenvalue weighted by atomic mass is 79.9. The molecule has 0 heterocycles. The third-order valence-electron chi connectivity index (χ3n) is 5.77. The lowest BCUT2D eigenvalue weighted by atomic mass is 9.88. The number of halogens is 1. The van der Waals surface area contributed by atoms with Gasteiger partial charge in [-0.15, -0.1) is 0 Å². The molecule has 19 heavy (non-hydrogen) atoms. The summed E-state index contributed by atoms with van der Waals surface area (Å²) < 4.78 is 0. The van der Waals surface area contributed by atoms with Crippen LogP contribution in [-0.4, -0.2) is 17.8 Å². The van der Waals surface area contributed by atoms with E-state index in [4.69, 9.17) is 0 Å². The first-order chi connectivity index (χ1) is 9.03. The third-order valence-corrected chi connectivity index (χ3v) is 6.33. The summed E-state index contributed by atoms with van der Waals surface area (Å²) in [5.74, 6) is 4.07. The molecule has 1 amide bonds. The van der Waals surface area contributed by atoms with Gasteiger partial charge in [0.05, 0.1) is 0 Å². The smallest absolute Gasteiger partial charge is 0.223 e. The molecule has 3 aliphatic rings. The Morgan fingerprint density at radius 2 is 1.89 bits per heavy atom. The van der Waals surface area contributed by atoms with Gasteiger partial charge in [0, 0.05) is 17.8 Å². The number of rotatable bonds is 6. The van der Waals surface area contributed by atoms with Crippen molar-refractivity contribution < 1.29 is 4.79 Å². The van der Waals surface area contributed by atoms with Gasteiger partial charge in [-0.1, -0.05) is 29.8 Å². The molecule has 0 aromatic carbocycles. The Bertz CT molecular complexity index is 352. The fourth-order valence-electron chi connectivity index (χ4n) is 4.75. The van der Waals surface area contributed by atoms with Gasteiger partial charge in [-0.3, -0.25) is 4.79 Å². The Morgan fingerprint density at radius 1 is 1.26 bits per heavy atom. The van der Waals surface area contributed by atoms with Gasteiger partial charge in [0.15, 0.2) is 0 Å². The van der Waals surface area contributed by atoms with Crippen molar-refractivity contribution in [2.75, 3.05) is 11.9 Å². The van der Waals surface area contributed by atoms with Crippen molar-refractivity contribution in [3.63, 3.8) is 0 Å². The van der Waals surface area contributed by atoms with Crippen LogP contribution in [0.15, 0.2) is 0 Å². The number of alkyl halides is 1. The maximum atomic E-state index is 12.3. The predicted octanol–water partition coefficient (Wildman–Crippen LogP) is 3.60. The van der Waals surface area contributed by atoms with Crippen LogP contribution in [0.4, 0.5) is 0 Å². The molecule has 0 aromatic heterocycles. The van der Waals surface area contributed by atoms with Crippen LogP contribution in [0.2, 0.25) is 0 Å². The largest absolute Gasteiger partial charge is 0.355 e. The molecule has 4 atom stereocenters. The van der Waals surface area contributed by atoms with Crippen LogP contribution in [0.25, 0.3) is 0 Å². The molecule has 1 N–H and O–H groups in total. The third kappa shape index (κ3) is 2.59. The van der Waals surface area contributed by atoms with Gasteiger partial charge < -0.3 is 5.32 Å². The van der Waals surface area contributed by atoms with E-state index in [-0.39, 0.29) is 5.41 Å². The quantitative estimate of drug-likeness (QED) is 0.742. The van der Waals surface area contributed by atoms with Crippen molar-refractivity contribution in [1.29, 1.82) is 0 Å². The minimum atomic E-state index is 0.229. The van der Waals surface area contributed by atoms with E-state index in [1.807, 2.05) is 0 Å². The molecule has 4 unspecified atom stereocenters. The van der Waals surface area contributed by atoms with Crippen molar-refractivity contribution in [2.24, 2.45) is 35.0 Å². The molecular formula is C16H26BrNO. The van der Waals surface area contributed by atoms with Gasteiger partial charge in [0.2, 0.25) is 5.91 Å². The van der Waals surface area contributed by atoms with Gasteiger partial charge in [0.25, 0.3) is 0 Å². The lowest BCUT2D eigenvalue weighted by molar-refractivity contribution is -0.123. The van der Waals surface area contributed by atoms with E-state index >= 15 is 0 Å². The van der Waals surface area contributed by atoms with E-state index in [1.54, 1.807) is 0 Å². The standard InChI is InChI=1S/C16H26BrNO/c1-16(2,6-3-7-17)9-18-15(19)14-12-10-4-5-11(8-10)13(12)14/h10-14H,3-9H2,1-2H3,(H,18,19). The number of amides is 1. The first-order valence-corrected chi connectivity index (χ1v) is 8.99. The van der Waals surface area contributed by atoms with Gasteiger partial charge in [-0.2, -0.15) is 0 Å². The van der Waals surface area contributed by atoms with Gasteiger partial charge in [-0.05, 0) is 61.2 Å². The summed E-state index contributed by atoms with van der Waals surface area (Å²) in [7, 11) is 0. The summed E-state index contributed by atoms with van der Waals surface area (Å²) in [5, 5.41) is 4.29. The van der Waals surface area contributed by atoms with Crippen molar-refractivity contribution in [2.45, 2.75) is 46.0 Å². The van der Waals surface area contributed by atoms with E-state index < -0.39 is 0 Å². The zero-order chi connectivity index (χ0) is 13.6. The van der Waals surface area contributed by atoms with Crippen LogP contribution in [0.3, 0.4) is 0 Å². The highest BCUT2D eigenvalue weighted by Gasteiger charge is 2.67. The van der Waals surface area contributed by atoms with E-state index in [2.05, 4.69) is 35.1 Å². The highest BCUT2D eigenvalue weighted by molar-refractivity contribution is 9.09. The van der Waals surface area contributed by atoms with E-state index in [1.165, 1.54) is 32.1 Å². The monoisotopic (exact) mass is 327 g/mol. The molecule has 3 aliphatic carbocycles. The molecular weight excluding hydrogens is 302 g/mol. The van der Waals surface area contributed by atoms with Crippen molar-refractivity contribution in [1.82, 2.24) is 5.32 Å². The fraction of sp³-hybridized carbons (Fsp3) is 0.938. The zero-order valence-electron chi connectivity index (χ0n) is 12.1. The molecule has 3 fully saturated rings. The van der Waals surface area contributed by atoms with Crippen LogP contribution < -0.4 is 5.32 Å². The number of hydrogen-bond donors (Lipinski definition) is 1. The second-order valence-corrected chi connectivity index (χ2v) is 8.48. The molecule has 3 heteroatoms. The Hall–Kier alpha value is -0.0500. The Kier molecular flexibility index (Phi) is 3.70. The lowest BCUT2D eigenvalue weighted by Gasteiger charge is -2.25. The van der Waals surface area contributed by atoms with E-state index in [0.29, 0.717) is 11.8 Å². The first kappa shape index (κ1) is 13.9. The molecule has 3 saturated carbocycles. The Balaban J connectivity index is 1.46. The minimum Gasteiger partial charge on any atom is -0.355 e. The molecule has 0 radical (unpaired) electrons. The number of hydrogen-bond acceptors (Lipinski definition) is 1. The zero-order valence-corrected chi connectivity index (χ0v) is 13.7. The van der Waals surface area contributed by atoms with Crippen LogP contribution in [0.1, 0.15) is 46.0 Å². The maximum Gasteiger partial charge on any atom is 0.223 e. The van der Waals surface area contributed by atoms with Crippen LogP contribution in [0.5, 0.6) is 0 Å². The first-order valence-electron chi connectivity index (χ1n) is 7.87. The molecule has 0 aliphatic heterocycles. The van der Waals surface area contributed by atoms with Crippen molar-refractivity contribution >= 4 is 21.8 Å². The fourth-order valence-corrected chi connectivity index (χ4v) is 5.03. The summed E-state index contributed by atoms with van der Waals surface area (Å²) in [6, 6.07) is 0. The summed E-state index contributed by atoms with van der Waals surface area (Å²) in [5.41, 5.74) is 0.229. The summed E-state index contributed by atoms with van der Waals surface area (Å²) in [6.45, 7) is 5.35. The van der Waals surface area contributed by atoms with Crippen LogP contribution in [-0.2, 0) is 4.79 Å². The highest BCUT2D eigenvalue weighted by Crippen LogP contribution is 2.69. The summed E-state index contributed by atoms with van der Waals surface area (Å²) in [4.78, 5) is 12.3. The lowest BCUT2D eigenvalue weighted by Crippen LogP contribution is -2.36. The molecule has 0 spiro atoms. The topological polar surface area (TPSA) is 29.1 Å². The number of carbonyl (C=O) groups is 1. The van der Waals surface area contributed by atoms with E-state index in [9.17, 15) is 4.79 Å². The summed E-state index contributed by atoms with van der Waals surface area (Å²) in [6.07, 6.45) is 6.57. The van der Waals surface area contributed by atoms with Crippen molar-refractivity contribution in [3.8, 4) is 0 Å². The molecule has 2 nitrogen and oxygen atoms in total. The van der Waals surface area contributed by atoms with Crippen LogP contribution in [0, 0.1) is 35.0 Å². The Morgan fingerprint density at radius 3 is 2.47 bits per heavy atom. The normalized spacial score (nSPS) is 39.2. The minimum absolute atomic E-state index is 0.229. The number of carbonyl (C=O) groups excluding carboxylic acids is 1. The predicted molar refractivity (Wildman–Crippen MR) is 81.1 cm³/mol. The summed E-state index contributed by atoms with van der Waals surface area (Å²) >= 11 is 3.48.